The smallest absolute Gasteiger partial charge is 0.267 e. The molecule has 0 saturated heterocycles. The molecule has 4 aromatic rings. The van der Waals surface area contributed by atoms with Crippen molar-refractivity contribution >= 4 is 27.9 Å². The van der Waals surface area contributed by atoms with Crippen LogP contribution in [0.5, 0.6) is 0 Å². The number of imidazole rings is 1. The lowest BCUT2D eigenvalue weighted by Gasteiger charge is -2.08. The van der Waals surface area contributed by atoms with Gasteiger partial charge in [-0.25, -0.2) is 4.98 Å². The molecule has 1 amide bonds. The number of rotatable bonds is 4. The van der Waals surface area contributed by atoms with Crippen molar-refractivity contribution in [1.82, 2.24) is 9.38 Å². The molecule has 0 aliphatic rings. The van der Waals surface area contributed by atoms with Crippen LogP contribution in [0.1, 0.15) is 40.7 Å². The van der Waals surface area contributed by atoms with Crippen molar-refractivity contribution in [3.63, 3.8) is 0 Å². The Labute approximate surface area is 162 Å². The van der Waals surface area contributed by atoms with Gasteiger partial charge in [0, 0.05) is 23.1 Å². The van der Waals surface area contributed by atoms with Gasteiger partial charge in [-0.15, -0.1) is 0 Å². The molecule has 2 heterocycles. The van der Waals surface area contributed by atoms with Crippen LogP contribution in [0, 0.1) is 6.92 Å². The number of hydrogen-bond acceptors (Lipinski definition) is 3. The summed E-state index contributed by atoms with van der Waals surface area (Å²) in [7, 11) is 0. The molecule has 0 atom stereocenters. The molecule has 0 radical (unpaired) electrons. The SMILES string of the molecule is Cc1c(C(=O)Nc2ccc(C(C)C)cc2)sc2nc(-c3ccccc3)cn12. The Balaban J connectivity index is 1.59. The van der Waals surface area contributed by atoms with Gasteiger partial charge in [0.05, 0.1) is 5.69 Å². The van der Waals surface area contributed by atoms with Crippen LogP contribution in [0.4, 0.5) is 5.69 Å². The van der Waals surface area contributed by atoms with Gasteiger partial charge in [-0.1, -0.05) is 67.6 Å². The summed E-state index contributed by atoms with van der Waals surface area (Å²) in [5, 5.41) is 2.99. The summed E-state index contributed by atoms with van der Waals surface area (Å²) in [6.45, 7) is 6.26. The maximum atomic E-state index is 12.7. The zero-order valence-corrected chi connectivity index (χ0v) is 16.4. The normalized spacial score (nSPS) is 11.3. The fourth-order valence-corrected chi connectivity index (χ4v) is 4.05. The Kier molecular flexibility index (Phi) is 4.54. The maximum absolute atomic E-state index is 12.7. The molecule has 1 N–H and O–H groups in total. The number of anilines is 1. The van der Waals surface area contributed by atoms with Crippen LogP contribution in [0.25, 0.3) is 16.2 Å². The molecular weight excluding hydrogens is 354 g/mol. The summed E-state index contributed by atoms with van der Waals surface area (Å²) < 4.78 is 1.99. The second-order valence-electron chi connectivity index (χ2n) is 6.89. The third-order valence-corrected chi connectivity index (χ3v) is 5.82. The van der Waals surface area contributed by atoms with Crippen LogP contribution in [-0.4, -0.2) is 15.3 Å². The molecule has 5 heteroatoms. The summed E-state index contributed by atoms with van der Waals surface area (Å²) in [5.74, 6) is 0.377. The fourth-order valence-electron chi connectivity index (χ4n) is 3.05. The Hall–Kier alpha value is -2.92. The minimum Gasteiger partial charge on any atom is -0.321 e. The molecule has 0 aliphatic carbocycles. The number of hydrogen-bond donors (Lipinski definition) is 1. The quantitative estimate of drug-likeness (QED) is 0.494. The zero-order chi connectivity index (χ0) is 19.0. The van der Waals surface area contributed by atoms with E-state index in [4.69, 9.17) is 0 Å². The number of nitrogens with zero attached hydrogens (tertiary/aromatic N) is 2. The molecule has 0 aliphatic heterocycles. The van der Waals surface area contributed by atoms with E-state index in [1.165, 1.54) is 16.9 Å². The lowest BCUT2D eigenvalue weighted by atomic mass is 10.0. The van der Waals surface area contributed by atoms with Crippen molar-refractivity contribution in [2.75, 3.05) is 5.32 Å². The van der Waals surface area contributed by atoms with E-state index in [9.17, 15) is 4.79 Å². The van der Waals surface area contributed by atoms with E-state index in [1.54, 1.807) is 0 Å². The van der Waals surface area contributed by atoms with Crippen molar-refractivity contribution in [2.45, 2.75) is 26.7 Å². The van der Waals surface area contributed by atoms with E-state index in [0.29, 0.717) is 10.8 Å². The van der Waals surface area contributed by atoms with Crippen LogP contribution in [0.2, 0.25) is 0 Å². The van der Waals surface area contributed by atoms with Crippen molar-refractivity contribution in [3.05, 3.63) is 76.9 Å². The second-order valence-corrected chi connectivity index (χ2v) is 7.87. The Bertz CT molecular complexity index is 1090. The van der Waals surface area contributed by atoms with Crippen LogP contribution in [-0.2, 0) is 0 Å². The number of carbonyl (C=O) groups is 1. The standard InChI is InChI=1S/C22H21N3OS/c1-14(2)16-9-11-18(12-10-16)23-21(26)20-15(3)25-13-19(24-22(25)27-20)17-7-5-4-6-8-17/h4-14H,1-3H3,(H,23,26). The van der Waals surface area contributed by atoms with Gasteiger partial charge in [-0.05, 0) is 30.5 Å². The number of amides is 1. The minimum absolute atomic E-state index is 0.0958. The minimum atomic E-state index is -0.0958. The number of carbonyl (C=O) groups excluding carboxylic acids is 1. The average molecular weight is 375 g/mol. The summed E-state index contributed by atoms with van der Waals surface area (Å²) in [5.41, 5.74) is 4.96. The molecule has 4 nitrogen and oxygen atoms in total. The number of fused-ring (bicyclic) bond motifs is 1. The molecule has 2 aromatic heterocycles. The van der Waals surface area contributed by atoms with Crippen LogP contribution < -0.4 is 5.32 Å². The van der Waals surface area contributed by atoms with E-state index in [0.717, 1.165) is 27.6 Å². The van der Waals surface area contributed by atoms with Crippen molar-refractivity contribution in [2.24, 2.45) is 0 Å². The molecule has 0 fully saturated rings. The van der Waals surface area contributed by atoms with Gasteiger partial charge in [0.15, 0.2) is 4.96 Å². The number of aromatic nitrogens is 2. The average Bonchev–Trinajstić information content (AvgIpc) is 3.22. The predicted octanol–water partition coefficient (Wildman–Crippen LogP) is 5.75. The van der Waals surface area contributed by atoms with Crippen molar-refractivity contribution in [3.8, 4) is 11.3 Å². The third-order valence-electron chi connectivity index (χ3n) is 4.67. The van der Waals surface area contributed by atoms with Gasteiger partial charge in [0.25, 0.3) is 5.91 Å². The van der Waals surface area contributed by atoms with Crippen molar-refractivity contribution in [1.29, 1.82) is 0 Å². The molecule has 0 saturated carbocycles. The highest BCUT2D eigenvalue weighted by atomic mass is 32.1. The molecule has 4 rings (SSSR count). The topological polar surface area (TPSA) is 46.4 Å². The highest BCUT2D eigenvalue weighted by Crippen LogP contribution is 2.28. The Morgan fingerprint density at radius 1 is 1.07 bits per heavy atom. The first kappa shape index (κ1) is 17.5. The largest absolute Gasteiger partial charge is 0.321 e. The third kappa shape index (κ3) is 3.38. The number of benzene rings is 2. The van der Waals surface area contributed by atoms with Crippen LogP contribution in [0.15, 0.2) is 60.8 Å². The van der Waals surface area contributed by atoms with Gasteiger partial charge in [0.2, 0.25) is 0 Å². The number of aryl methyl sites for hydroxylation is 1. The van der Waals surface area contributed by atoms with Gasteiger partial charge in [0.1, 0.15) is 4.88 Å². The Morgan fingerprint density at radius 3 is 2.41 bits per heavy atom. The van der Waals surface area contributed by atoms with E-state index in [1.807, 2.05) is 60.0 Å². The lowest BCUT2D eigenvalue weighted by molar-refractivity contribution is 0.102. The van der Waals surface area contributed by atoms with Gasteiger partial charge in [-0.3, -0.25) is 9.20 Å². The summed E-state index contributed by atoms with van der Waals surface area (Å²) in [6.07, 6.45) is 1.99. The monoisotopic (exact) mass is 375 g/mol. The highest BCUT2D eigenvalue weighted by Gasteiger charge is 2.18. The predicted molar refractivity (Wildman–Crippen MR) is 112 cm³/mol. The summed E-state index contributed by atoms with van der Waals surface area (Å²) in [6, 6.07) is 18.1. The van der Waals surface area contributed by atoms with Gasteiger partial charge < -0.3 is 5.32 Å². The molecule has 136 valence electrons. The molecule has 2 aromatic carbocycles. The van der Waals surface area contributed by atoms with Gasteiger partial charge in [-0.2, -0.15) is 0 Å². The van der Waals surface area contributed by atoms with Crippen LogP contribution >= 0.6 is 11.3 Å². The second kappa shape index (κ2) is 7.00. The molecule has 0 spiro atoms. The maximum Gasteiger partial charge on any atom is 0.267 e. The molecule has 27 heavy (non-hydrogen) atoms. The van der Waals surface area contributed by atoms with E-state index < -0.39 is 0 Å². The lowest BCUT2D eigenvalue weighted by Crippen LogP contribution is -2.11. The first-order chi connectivity index (χ1) is 13.0. The van der Waals surface area contributed by atoms with E-state index >= 15 is 0 Å². The summed E-state index contributed by atoms with van der Waals surface area (Å²) >= 11 is 1.41. The molecule has 0 unspecified atom stereocenters. The first-order valence-corrected chi connectivity index (χ1v) is 9.80. The highest BCUT2D eigenvalue weighted by molar-refractivity contribution is 7.19. The number of nitrogens with one attached hydrogen (secondary N) is 1. The number of thiazole rings is 1. The summed E-state index contributed by atoms with van der Waals surface area (Å²) in [4.78, 5) is 18.9. The van der Waals surface area contributed by atoms with Crippen LogP contribution in [0.3, 0.4) is 0 Å². The Morgan fingerprint density at radius 2 is 1.78 bits per heavy atom. The van der Waals surface area contributed by atoms with Crippen molar-refractivity contribution < 1.29 is 4.79 Å². The van der Waals surface area contributed by atoms with E-state index in [-0.39, 0.29) is 5.91 Å². The molecule has 0 bridgehead atoms. The zero-order valence-electron chi connectivity index (χ0n) is 15.6. The fraction of sp³-hybridized carbons (Fsp3) is 0.182. The van der Waals surface area contributed by atoms with Gasteiger partial charge >= 0.3 is 0 Å². The van der Waals surface area contributed by atoms with E-state index in [2.05, 4.69) is 36.3 Å². The first-order valence-electron chi connectivity index (χ1n) is 8.98. The molecular formula is C22H21N3OS.